The molecule has 26 heavy (non-hydrogen) atoms. The van der Waals surface area contributed by atoms with Gasteiger partial charge >= 0.3 is 10.1 Å². The summed E-state index contributed by atoms with van der Waals surface area (Å²) in [5.74, 6) is -0.129. The molecule has 4 N–H and O–H groups in total. The van der Waals surface area contributed by atoms with E-state index in [0.29, 0.717) is 11.3 Å². The zero-order valence-corrected chi connectivity index (χ0v) is 15.3. The van der Waals surface area contributed by atoms with Crippen molar-refractivity contribution in [1.29, 1.82) is 0 Å². The van der Waals surface area contributed by atoms with E-state index in [2.05, 4.69) is 28.1 Å². The lowest BCUT2D eigenvalue weighted by Crippen LogP contribution is -2.23. The van der Waals surface area contributed by atoms with Crippen LogP contribution < -0.4 is 20.7 Å². The zero-order valence-electron chi connectivity index (χ0n) is 13.7. The number of nitrogens with one attached hydrogen (secondary N) is 2. The highest BCUT2D eigenvalue weighted by Gasteiger charge is 2.16. The molecular formula is C16H16N4O4S2. The van der Waals surface area contributed by atoms with Crippen LogP contribution in [-0.4, -0.2) is 25.7 Å². The second-order valence-electron chi connectivity index (χ2n) is 5.05. The number of benzene rings is 2. The smallest absolute Gasteiger partial charge is 0.339 e. The maximum Gasteiger partial charge on any atom is 0.339 e. The Hall–Kier alpha value is -2.98. The molecule has 10 heteroatoms. The summed E-state index contributed by atoms with van der Waals surface area (Å²) in [5, 5.41) is 6.36. The number of nitrogens with two attached hydrogens (primary N) is 1. The van der Waals surface area contributed by atoms with Crippen molar-refractivity contribution in [2.75, 3.05) is 5.32 Å². The van der Waals surface area contributed by atoms with Gasteiger partial charge in [-0.15, -0.1) is 0 Å². The molecule has 0 atom stereocenters. The third kappa shape index (κ3) is 5.83. The van der Waals surface area contributed by atoms with Crippen molar-refractivity contribution in [2.45, 2.75) is 11.8 Å². The first-order valence-corrected chi connectivity index (χ1v) is 9.08. The Kier molecular flexibility index (Phi) is 6.26. The standard InChI is InChI=1S/C16H16N4O4S2/c1-11(21)19-13-5-7-15(8-6-13)26(22,23)24-14-4-2-3-12(9-14)10-18-20-16(17)25/h2-10H,1H3,(H,19,21)(H3,17,20,25)/b18-10+. The summed E-state index contributed by atoms with van der Waals surface area (Å²) in [5.41, 5.74) is 8.72. The molecule has 0 aromatic heterocycles. The van der Waals surface area contributed by atoms with E-state index >= 15 is 0 Å². The third-order valence-corrected chi connectivity index (χ3v) is 4.27. The molecule has 2 aromatic rings. The molecular weight excluding hydrogens is 376 g/mol. The topological polar surface area (TPSA) is 123 Å². The number of nitrogens with zero attached hydrogens (tertiary/aromatic N) is 1. The van der Waals surface area contributed by atoms with Gasteiger partial charge in [-0.2, -0.15) is 13.5 Å². The summed E-state index contributed by atoms with van der Waals surface area (Å²) in [6, 6.07) is 12.0. The third-order valence-electron chi connectivity index (χ3n) is 2.92. The lowest BCUT2D eigenvalue weighted by Gasteiger charge is -2.08. The molecule has 0 spiro atoms. The Morgan fingerprint density at radius 2 is 1.92 bits per heavy atom. The molecule has 0 aliphatic rings. The second kappa shape index (κ2) is 8.41. The van der Waals surface area contributed by atoms with Crippen LogP contribution in [0.5, 0.6) is 5.75 Å². The zero-order chi connectivity index (χ0) is 19.2. The second-order valence-corrected chi connectivity index (χ2v) is 7.04. The minimum absolute atomic E-state index is 0.0129. The van der Waals surface area contributed by atoms with Gasteiger partial charge in [-0.25, -0.2) is 0 Å². The van der Waals surface area contributed by atoms with Crippen LogP contribution in [0.1, 0.15) is 12.5 Å². The van der Waals surface area contributed by atoms with E-state index in [0.717, 1.165) is 0 Å². The predicted molar refractivity (Wildman–Crippen MR) is 103 cm³/mol. The first-order chi connectivity index (χ1) is 12.3. The molecule has 0 aliphatic heterocycles. The van der Waals surface area contributed by atoms with Crippen LogP contribution in [-0.2, 0) is 14.9 Å². The minimum Gasteiger partial charge on any atom is -0.379 e. The molecule has 0 radical (unpaired) electrons. The summed E-state index contributed by atoms with van der Waals surface area (Å²) < 4.78 is 29.9. The van der Waals surface area contributed by atoms with E-state index in [9.17, 15) is 13.2 Å². The molecule has 1 amide bonds. The average molecular weight is 392 g/mol. The summed E-state index contributed by atoms with van der Waals surface area (Å²) in [7, 11) is -4.02. The van der Waals surface area contributed by atoms with Crippen LogP contribution in [0.25, 0.3) is 0 Å². The molecule has 8 nitrogen and oxygen atoms in total. The molecule has 0 aliphatic carbocycles. The van der Waals surface area contributed by atoms with Crippen molar-refractivity contribution in [3.05, 3.63) is 54.1 Å². The highest BCUT2D eigenvalue weighted by molar-refractivity contribution is 7.87. The number of rotatable bonds is 6. The van der Waals surface area contributed by atoms with Gasteiger partial charge in [0.15, 0.2) is 5.11 Å². The maximum absolute atomic E-state index is 12.4. The summed E-state index contributed by atoms with van der Waals surface area (Å²) in [6.07, 6.45) is 1.42. The normalized spacial score (nSPS) is 11.1. The van der Waals surface area contributed by atoms with Crippen LogP contribution in [0, 0.1) is 0 Å². The fourth-order valence-electron chi connectivity index (χ4n) is 1.90. The average Bonchev–Trinajstić information content (AvgIpc) is 2.54. The van der Waals surface area contributed by atoms with Crippen molar-refractivity contribution in [1.82, 2.24) is 5.43 Å². The van der Waals surface area contributed by atoms with Crippen LogP contribution in [0.15, 0.2) is 58.5 Å². The Morgan fingerprint density at radius 1 is 1.23 bits per heavy atom. The number of thiocarbonyl (C=S) groups is 1. The van der Waals surface area contributed by atoms with Crippen LogP contribution >= 0.6 is 12.2 Å². The van der Waals surface area contributed by atoms with Crippen molar-refractivity contribution >= 4 is 45.3 Å². The molecule has 0 saturated carbocycles. The van der Waals surface area contributed by atoms with Gasteiger partial charge in [-0.05, 0) is 54.2 Å². The summed E-state index contributed by atoms with van der Waals surface area (Å²) >= 11 is 4.62. The Morgan fingerprint density at radius 3 is 2.54 bits per heavy atom. The fourth-order valence-corrected chi connectivity index (χ4v) is 2.88. The van der Waals surface area contributed by atoms with E-state index in [1.807, 2.05) is 0 Å². The Balaban J connectivity index is 2.14. The van der Waals surface area contributed by atoms with E-state index in [4.69, 9.17) is 9.92 Å². The van der Waals surface area contributed by atoms with Crippen LogP contribution in [0.3, 0.4) is 0 Å². The van der Waals surface area contributed by atoms with Crippen LogP contribution in [0.2, 0.25) is 0 Å². The monoisotopic (exact) mass is 392 g/mol. The molecule has 0 heterocycles. The van der Waals surface area contributed by atoms with Crippen molar-refractivity contribution < 1.29 is 17.4 Å². The van der Waals surface area contributed by atoms with Gasteiger partial charge in [0.25, 0.3) is 0 Å². The maximum atomic E-state index is 12.4. The Bertz CT molecular complexity index is 941. The highest BCUT2D eigenvalue weighted by Crippen LogP contribution is 2.21. The highest BCUT2D eigenvalue weighted by atomic mass is 32.2. The van der Waals surface area contributed by atoms with Gasteiger partial charge in [0.2, 0.25) is 5.91 Å². The number of carbonyl (C=O) groups excluding carboxylic acids is 1. The fraction of sp³-hybridized carbons (Fsp3) is 0.0625. The first-order valence-electron chi connectivity index (χ1n) is 7.27. The van der Waals surface area contributed by atoms with Gasteiger partial charge in [-0.1, -0.05) is 12.1 Å². The predicted octanol–water partition coefficient (Wildman–Crippen LogP) is 1.58. The molecule has 0 bridgehead atoms. The summed E-state index contributed by atoms with van der Waals surface area (Å²) in [4.78, 5) is 11.0. The van der Waals surface area contributed by atoms with Gasteiger partial charge in [0, 0.05) is 12.6 Å². The van der Waals surface area contributed by atoms with E-state index in [1.165, 1.54) is 49.5 Å². The van der Waals surface area contributed by atoms with Crippen molar-refractivity contribution in [3.8, 4) is 5.75 Å². The van der Waals surface area contributed by atoms with Gasteiger partial charge in [0.1, 0.15) is 10.6 Å². The molecule has 2 aromatic carbocycles. The molecule has 0 unspecified atom stereocenters. The molecule has 136 valence electrons. The van der Waals surface area contributed by atoms with Gasteiger partial charge in [0.05, 0.1) is 6.21 Å². The van der Waals surface area contributed by atoms with Gasteiger partial charge in [-0.3, -0.25) is 10.2 Å². The van der Waals surface area contributed by atoms with E-state index in [-0.39, 0.29) is 21.7 Å². The largest absolute Gasteiger partial charge is 0.379 e. The van der Waals surface area contributed by atoms with Crippen LogP contribution in [0.4, 0.5) is 5.69 Å². The molecule has 2 rings (SSSR count). The first kappa shape index (κ1) is 19.3. The minimum atomic E-state index is -4.02. The van der Waals surface area contributed by atoms with Gasteiger partial charge < -0.3 is 15.2 Å². The number of amides is 1. The number of hydrogen-bond donors (Lipinski definition) is 3. The number of hydrazone groups is 1. The lowest BCUT2D eigenvalue weighted by atomic mass is 10.2. The number of hydrogen-bond acceptors (Lipinski definition) is 6. The molecule has 0 fully saturated rings. The van der Waals surface area contributed by atoms with E-state index in [1.54, 1.807) is 12.1 Å². The quantitative estimate of drug-likeness (QED) is 0.295. The number of anilines is 1. The number of carbonyl (C=O) groups is 1. The van der Waals surface area contributed by atoms with Crippen molar-refractivity contribution in [2.24, 2.45) is 10.8 Å². The molecule has 0 saturated heterocycles. The van der Waals surface area contributed by atoms with Crippen molar-refractivity contribution in [3.63, 3.8) is 0 Å². The summed E-state index contributed by atoms with van der Waals surface area (Å²) in [6.45, 7) is 1.36. The Labute approximate surface area is 156 Å². The van der Waals surface area contributed by atoms with E-state index < -0.39 is 10.1 Å². The lowest BCUT2D eigenvalue weighted by molar-refractivity contribution is -0.114. The SMILES string of the molecule is CC(=O)Nc1ccc(S(=O)(=O)Oc2cccc(/C=N/NC(N)=S)c2)cc1.